The van der Waals surface area contributed by atoms with Crippen LogP contribution in [-0.4, -0.2) is 76.7 Å². The Hall–Kier alpha value is -4.17. The number of carbonyl (C=O) groups excluding carboxylic acids is 3. The van der Waals surface area contributed by atoms with Gasteiger partial charge in [-0.1, -0.05) is 6.07 Å². The predicted molar refractivity (Wildman–Crippen MR) is 162 cm³/mol. The third-order valence-corrected chi connectivity index (χ3v) is 9.64. The average Bonchev–Trinajstić information content (AvgIpc) is 3.04. The van der Waals surface area contributed by atoms with Crippen LogP contribution in [0.1, 0.15) is 78.8 Å². The van der Waals surface area contributed by atoms with Crippen LogP contribution in [0.3, 0.4) is 0 Å². The molecule has 49 heavy (non-hydrogen) atoms. The van der Waals surface area contributed by atoms with Crippen LogP contribution in [0.15, 0.2) is 36.4 Å². The molecule has 0 bridgehead atoms. The minimum atomic E-state index is -5.06. The van der Waals surface area contributed by atoms with E-state index in [-0.39, 0.29) is 68.9 Å². The number of carboxylic acids is 1. The second kappa shape index (κ2) is 14.8. The number of aryl methyl sites for hydroxylation is 1. The lowest BCUT2D eigenvalue weighted by molar-refractivity contribution is -0.146. The molecule has 2 fully saturated rings. The van der Waals surface area contributed by atoms with Gasteiger partial charge in [0.25, 0.3) is 0 Å². The number of likely N-dealkylation sites (tertiary alicyclic amines) is 2. The molecule has 1 N–H and O–H groups in total. The van der Waals surface area contributed by atoms with E-state index in [1.165, 1.54) is 37.1 Å². The first-order valence-electron chi connectivity index (χ1n) is 15.9. The number of hydrogen-bond acceptors (Lipinski definition) is 4. The first kappa shape index (κ1) is 37.6. The summed E-state index contributed by atoms with van der Waals surface area (Å²) in [6.45, 7) is 3.74. The Labute approximate surface area is 278 Å². The summed E-state index contributed by atoms with van der Waals surface area (Å²) in [5.41, 5.74) is -2.25. The molecule has 2 aromatic carbocycles. The number of hydrogen-bond donors (Lipinski definition) is 1. The monoisotopic (exact) mass is 701 g/mol. The van der Waals surface area contributed by atoms with Gasteiger partial charge in [-0.3, -0.25) is 19.2 Å². The van der Waals surface area contributed by atoms with E-state index in [9.17, 15) is 49.9 Å². The van der Waals surface area contributed by atoms with E-state index in [1.807, 2.05) is 0 Å². The lowest BCUT2D eigenvalue weighted by atomic mass is 9.77. The summed E-state index contributed by atoms with van der Waals surface area (Å²) >= 11 is 0. The summed E-state index contributed by atoms with van der Waals surface area (Å²) < 4.78 is 95.5. The van der Waals surface area contributed by atoms with Crippen molar-refractivity contribution in [2.75, 3.05) is 33.2 Å². The predicted octanol–water partition coefficient (Wildman–Crippen LogP) is 6.43. The summed E-state index contributed by atoms with van der Waals surface area (Å²) in [5, 5.41) is 8.85. The number of piperidine rings is 2. The summed E-state index contributed by atoms with van der Waals surface area (Å²) in [6, 6.07) is 4.04. The van der Waals surface area contributed by atoms with E-state index in [0.29, 0.717) is 36.1 Å². The molecular weight excluding hydrogens is 663 g/mol. The van der Waals surface area contributed by atoms with Crippen LogP contribution in [0.5, 0.6) is 0 Å². The van der Waals surface area contributed by atoms with Crippen LogP contribution in [-0.2, 0) is 31.5 Å². The average molecular weight is 702 g/mol. The summed E-state index contributed by atoms with van der Waals surface area (Å²) in [4.78, 5) is 55.2. The van der Waals surface area contributed by atoms with Crippen molar-refractivity contribution >= 4 is 23.7 Å². The zero-order valence-electron chi connectivity index (χ0n) is 27.2. The summed E-state index contributed by atoms with van der Waals surface area (Å²) in [6.07, 6.45) is -9.71. The van der Waals surface area contributed by atoms with Gasteiger partial charge in [0.15, 0.2) is 0 Å². The fourth-order valence-corrected chi connectivity index (χ4v) is 6.72. The van der Waals surface area contributed by atoms with Gasteiger partial charge in [0.1, 0.15) is 5.82 Å². The number of carboxylic acid groups (broad SMARTS) is 1. The number of amides is 3. The quantitative estimate of drug-likeness (QED) is 0.320. The van der Waals surface area contributed by atoms with E-state index < -0.39 is 65.0 Å². The second-order valence-corrected chi connectivity index (χ2v) is 12.8. The van der Waals surface area contributed by atoms with Gasteiger partial charge in [0, 0.05) is 57.4 Å². The van der Waals surface area contributed by atoms with Gasteiger partial charge in [-0.05, 0) is 80.1 Å². The Morgan fingerprint density at radius 3 is 1.98 bits per heavy atom. The highest BCUT2D eigenvalue weighted by Crippen LogP contribution is 2.41. The highest BCUT2D eigenvalue weighted by molar-refractivity contribution is 5.83. The molecule has 2 aliphatic rings. The molecule has 0 unspecified atom stereocenters. The Balaban J connectivity index is 1.55. The largest absolute Gasteiger partial charge is 0.481 e. The third kappa shape index (κ3) is 8.90. The van der Waals surface area contributed by atoms with Gasteiger partial charge >= 0.3 is 18.3 Å². The van der Waals surface area contributed by atoms with Crippen molar-refractivity contribution in [2.45, 2.75) is 70.3 Å². The van der Waals surface area contributed by atoms with E-state index in [0.717, 1.165) is 4.90 Å². The minimum Gasteiger partial charge on any atom is -0.481 e. The van der Waals surface area contributed by atoms with Gasteiger partial charge in [0.2, 0.25) is 17.7 Å². The highest BCUT2D eigenvalue weighted by atomic mass is 19.4. The normalized spacial score (nSPS) is 19.8. The molecule has 0 aromatic heterocycles. The van der Waals surface area contributed by atoms with Crippen LogP contribution in [0.4, 0.5) is 30.7 Å². The maximum Gasteiger partial charge on any atom is 0.416 e. The van der Waals surface area contributed by atoms with Gasteiger partial charge in [-0.25, -0.2) is 4.39 Å². The molecule has 8 nitrogen and oxygen atoms in total. The first-order chi connectivity index (χ1) is 22.8. The number of nitrogens with zero attached hydrogens (tertiary/aromatic N) is 3. The van der Waals surface area contributed by atoms with Crippen molar-refractivity contribution in [3.05, 3.63) is 70.0 Å². The van der Waals surface area contributed by atoms with Gasteiger partial charge in [0.05, 0.1) is 23.6 Å². The maximum atomic E-state index is 14.1. The van der Waals surface area contributed by atoms with Crippen molar-refractivity contribution in [1.82, 2.24) is 14.7 Å². The first-order valence-corrected chi connectivity index (χ1v) is 15.9. The fourth-order valence-electron chi connectivity index (χ4n) is 6.72. The van der Waals surface area contributed by atoms with Crippen LogP contribution < -0.4 is 0 Å². The molecule has 0 saturated carbocycles. The molecular formula is C34H38F7N3O5. The second-order valence-electron chi connectivity index (χ2n) is 12.8. The standard InChI is InChI=1S/C34H38F7N3O5/c1-19-14-25(35)4-5-26(19)28-18-44(31(48)21-8-11-43(12-9-21)29(45)6-7-30(46)47)13-10-27(28)32(49)42(3)20(2)22-15-23(33(36,37)38)17-24(16-22)34(39,40)41/h4-5,14-17,20-21,27-28H,6-13,18H2,1-3H3,(H,46,47)/t20-,27-,28+/m0/s1. The fraction of sp³-hybridized carbons (Fsp3) is 0.529. The number of benzene rings is 2. The molecule has 2 aromatic rings. The molecule has 3 amide bonds. The summed E-state index contributed by atoms with van der Waals surface area (Å²) in [7, 11) is 1.30. The van der Waals surface area contributed by atoms with Crippen LogP contribution in [0.2, 0.25) is 0 Å². The number of halogens is 7. The van der Waals surface area contributed by atoms with Crippen molar-refractivity contribution in [1.29, 1.82) is 0 Å². The number of alkyl halides is 6. The topological polar surface area (TPSA) is 98.2 Å². The zero-order valence-corrected chi connectivity index (χ0v) is 27.2. The molecule has 268 valence electrons. The van der Waals surface area contributed by atoms with Crippen LogP contribution in [0, 0.1) is 24.6 Å². The molecule has 3 atom stereocenters. The smallest absolute Gasteiger partial charge is 0.416 e. The Kier molecular flexibility index (Phi) is 11.3. The van der Waals surface area contributed by atoms with Crippen molar-refractivity contribution in [2.24, 2.45) is 11.8 Å². The Morgan fingerprint density at radius 1 is 0.878 bits per heavy atom. The molecule has 2 heterocycles. The maximum absolute atomic E-state index is 14.1. The van der Waals surface area contributed by atoms with E-state index >= 15 is 0 Å². The number of rotatable bonds is 8. The molecule has 0 aliphatic carbocycles. The van der Waals surface area contributed by atoms with Crippen LogP contribution >= 0.6 is 0 Å². The van der Waals surface area contributed by atoms with Gasteiger partial charge in [-0.2, -0.15) is 26.3 Å². The highest BCUT2D eigenvalue weighted by Gasteiger charge is 2.42. The molecule has 15 heteroatoms. The Bertz CT molecular complexity index is 1540. The molecule has 2 aliphatic heterocycles. The molecule has 0 spiro atoms. The van der Waals surface area contributed by atoms with Crippen molar-refractivity contribution < 1.29 is 55.0 Å². The SMILES string of the molecule is Cc1cc(F)ccc1[C@H]1CN(C(=O)C2CCN(C(=O)CCC(=O)O)CC2)CC[C@@H]1C(=O)N(C)[C@@H](C)c1cc(C(F)(F)F)cc(C(F)(F)F)c1. The van der Waals surface area contributed by atoms with Crippen molar-refractivity contribution in [3.63, 3.8) is 0 Å². The van der Waals surface area contributed by atoms with Crippen molar-refractivity contribution in [3.8, 4) is 0 Å². The Morgan fingerprint density at radius 2 is 1.45 bits per heavy atom. The molecule has 0 radical (unpaired) electrons. The zero-order chi connectivity index (χ0) is 36.4. The lowest BCUT2D eigenvalue weighted by Crippen LogP contribution is -2.51. The molecule has 4 rings (SSSR count). The van der Waals surface area contributed by atoms with E-state index in [2.05, 4.69) is 0 Å². The molecule has 2 saturated heterocycles. The van der Waals surface area contributed by atoms with Crippen LogP contribution in [0.25, 0.3) is 0 Å². The van der Waals surface area contributed by atoms with Gasteiger partial charge in [-0.15, -0.1) is 0 Å². The lowest BCUT2D eigenvalue weighted by Gasteiger charge is -2.42. The minimum absolute atomic E-state index is 0.0271. The van der Waals surface area contributed by atoms with Gasteiger partial charge < -0.3 is 19.8 Å². The summed E-state index contributed by atoms with van der Waals surface area (Å²) in [5.74, 6) is -4.58. The number of carbonyl (C=O) groups is 4. The number of aliphatic carboxylic acids is 1. The van der Waals surface area contributed by atoms with E-state index in [1.54, 1.807) is 11.8 Å². The van der Waals surface area contributed by atoms with E-state index in [4.69, 9.17) is 5.11 Å². The third-order valence-electron chi connectivity index (χ3n) is 9.64.